The summed E-state index contributed by atoms with van der Waals surface area (Å²) in [5, 5.41) is 6.59. The summed E-state index contributed by atoms with van der Waals surface area (Å²) in [4.78, 5) is 12.3. The molecule has 1 saturated heterocycles. The first-order valence-electron chi connectivity index (χ1n) is 7.56. The highest BCUT2D eigenvalue weighted by Crippen LogP contribution is 2.41. The fourth-order valence-electron chi connectivity index (χ4n) is 3.08. The third kappa shape index (κ3) is 3.47. The summed E-state index contributed by atoms with van der Waals surface area (Å²) in [5.74, 6) is 0.112. The van der Waals surface area contributed by atoms with Crippen molar-refractivity contribution < 1.29 is 9.53 Å². The number of amides is 1. The van der Waals surface area contributed by atoms with Gasteiger partial charge in [0.05, 0.1) is 18.8 Å². The Balaban J connectivity index is 1.63. The van der Waals surface area contributed by atoms with E-state index in [9.17, 15) is 4.79 Å². The fraction of sp³-hybridized carbons (Fsp3) is 0.562. The molecule has 21 heavy (non-hydrogen) atoms. The quantitative estimate of drug-likeness (QED) is 0.874. The molecule has 1 aromatic rings. The van der Waals surface area contributed by atoms with E-state index in [1.54, 1.807) is 0 Å². The molecule has 4 nitrogen and oxygen atoms in total. The van der Waals surface area contributed by atoms with Crippen LogP contribution in [-0.2, 0) is 15.1 Å². The molecule has 0 spiro atoms. The van der Waals surface area contributed by atoms with Crippen molar-refractivity contribution in [1.29, 1.82) is 0 Å². The van der Waals surface area contributed by atoms with Gasteiger partial charge < -0.3 is 15.4 Å². The maximum atomic E-state index is 12.3. The summed E-state index contributed by atoms with van der Waals surface area (Å²) >= 11 is 3.46. The third-order valence-electron chi connectivity index (χ3n) is 4.41. The van der Waals surface area contributed by atoms with E-state index in [-0.39, 0.29) is 17.5 Å². The van der Waals surface area contributed by atoms with Crippen LogP contribution in [0.25, 0.3) is 0 Å². The van der Waals surface area contributed by atoms with E-state index in [0.717, 1.165) is 30.5 Å². The minimum absolute atomic E-state index is 0.112. The van der Waals surface area contributed by atoms with Crippen molar-refractivity contribution in [3.05, 3.63) is 34.3 Å². The van der Waals surface area contributed by atoms with Crippen LogP contribution in [0.15, 0.2) is 28.7 Å². The number of benzene rings is 1. The number of carbonyl (C=O) groups excluding carboxylic acids is 1. The lowest BCUT2D eigenvalue weighted by Crippen LogP contribution is -2.53. The molecule has 1 saturated carbocycles. The number of halogens is 1. The molecule has 1 heterocycles. The first-order valence-corrected chi connectivity index (χ1v) is 8.35. The molecule has 0 aromatic heterocycles. The zero-order chi connectivity index (χ0) is 14.7. The van der Waals surface area contributed by atoms with Gasteiger partial charge in [0.1, 0.15) is 0 Å². The van der Waals surface area contributed by atoms with E-state index < -0.39 is 0 Å². The van der Waals surface area contributed by atoms with Gasteiger partial charge in [-0.2, -0.15) is 0 Å². The lowest BCUT2D eigenvalue weighted by molar-refractivity contribution is -0.125. The van der Waals surface area contributed by atoms with E-state index in [4.69, 9.17) is 4.74 Å². The van der Waals surface area contributed by atoms with Crippen LogP contribution in [0.5, 0.6) is 0 Å². The van der Waals surface area contributed by atoms with Crippen LogP contribution in [-0.4, -0.2) is 31.7 Å². The first-order chi connectivity index (χ1) is 10.2. The predicted octanol–water partition coefficient (Wildman–Crippen LogP) is 2.32. The van der Waals surface area contributed by atoms with Crippen LogP contribution in [0.4, 0.5) is 0 Å². The Morgan fingerprint density at radius 2 is 2.14 bits per heavy atom. The average molecular weight is 353 g/mol. The molecule has 2 aliphatic rings. The van der Waals surface area contributed by atoms with Gasteiger partial charge >= 0.3 is 0 Å². The van der Waals surface area contributed by atoms with Gasteiger partial charge in [-0.25, -0.2) is 0 Å². The van der Waals surface area contributed by atoms with E-state index in [1.807, 2.05) is 12.1 Å². The molecule has 0 radical (unpaired) electrons. The van der Waals surface area contributed by atoms with E-state index in [1.165, 1.54) is 12.0 Å². The zero-order valence-corrected chi connectivity index (χ0v) is 13.6. The highest BCUT2D eigenvalue weighted by atomic mass is 79.9. The van der Waals surface area contributed by atoms with Gasteiger partial charge in [-0.1, -0.05) is 28.1 Å². The lowest BCUT2D eigenvalue weighted by atomic mass is 9.71. The topological polar surface area (TPSA) is 50.4 Å². The Hall–Kier alpha value is -0.910. The Morgan fingerprint density at radius 3 is 2.71 bits per heavy atom. The lowest BCUT2D eigenvalue weighted by Gasteiger charge is -2.43. The molecule has 2 fully saturated rings. The number of hydrogen-bond acceptors (Lipinski definition) is 3. The molecule has 1 aliphatic heterocycles. The van der Waals surface area contributed by atoms with E-state index in [0.29, 0.717) is 13.0 Å². The molecule has 5 heteroatoms. The standard InChI is InChI=1S/C16H21BrN2O2/c17-13-4-2-12(3-5-13)16(6-1-7-16)19-15(20)10-14-11-21-9-8-18-14/h2-5,14,18H,1,6-11H2,(H,19,20). The highest BCUT2D eigenvalue weighted by molar-refractivity contribution is 9.10. The number of nitrogens with one attached hydrogen (secondary N) is 2. The van der Waals surface area contributed by atoms with Gasteiger partial charge in [-0.05, 0) is 37.0 Å². The fourth-order valence-corrected chi connectivity index (χ4v) is 3.34. The van der Waals surface area contributed by atoms with Crippen molar-refractivity contribution >= 4 is 21.8 Å². The smallest absolute Gasteiger partial charge is 0.222 e. The molecule has 0 bridgehead atoms. The number of carbonyl (C=O) groups is 1. The van der Waals surface area contributed by atoms with Crippen molar-refractivity contribution in [2.75, 3.05) is 19.8 Å². The van der Waals surface area contributed by atoms with Crippen molar-refractivity contribution in [2.24, 2.45) is 0 Å². The average Bonchev–Trinajstić information content (AvgIpc) is 2.45. The summed E-state index contributed by atoms with van der Waals surface area (Å²) in [6, 6.07) is 8.42. The van der Waals surface area contributed by atoms with Gasteiger partial charge in [0.25, 0.3) is 0 Å². The molecule has 1 aliphatic carbocycles. The molecule has 1 unspecified atom stereocenters. The maximum Gasteiger partial charge on any atom is 0.222 e. The van der Waals surface area contributed by atoms with Crippen molar-refractivity contribution in [2.45, 2.75) is 37.3 Å². The summed E-state index contributed by atoms with van der Waals surface area (Å²) in [7, 11) is 0. The maximum absolute atomic E-state index is 12.3. The zero-order valence-electron chi connectivity index (χ0n) is 12.0. The second kappa shape index (κ2) is 6.46. The molecule has 1 aromatic carbocycles. The van der Waals surface area contributed by atoms with Crippen LogP contribution in [0.3, 0.4) is 0 Å². The molecule has 114 valence electrons. The van der Waals surface area contributed by atoms with E-state index in [2.05, 4.69) is 38.7 Å². The van der Waals surface area contributed by atoms with Gasteiger partial charge in [0.2, 0.25) is 5.91 Å². The van der Waals surface area contributed by atoms with Crippen LogP contribution < -0.4 is 10.6 Å². The highest BCUT2D eigenvalue weighted by Gasteiger charge is 2.40. The number of hydrogen-bond donors (Lipinski definition) is 2. The summed E-state index contributed by atoms with van der Waals surface area (Å²) in [5.41, 5.74) is 1.05. The molecular formula is C16H21BrN2O2. The van der Waals surface area contributed by atoms with Gasteiger partial charge in [-0.15, -0.1) is 0 Å². The normalized spacial score (nSPS) is 24.1. The first kappa shape index (κ1) is 15.0. The largest absolute Gasteiger partial charge is 0.378 e. The molecular weight excluding hydrogens is 332 g/mol. The summed E-state index contributed by atoms with van der Waals surface area (Å²) in [6.07, 6.45) is 3.70. The third-order valence-corrected chi connectivity index (χ3v) is 4.94. The number of rotatable bonds is 4. The molecule has 1 atom stereocenters. The summed E-state index contributed by atoms with van der Waals surface area (Å²) < 4.78 is 6.47. The second-order valence-electron chi connectivity index (χ2n) is 5.92. The molecule has 3 rings (SSSR count). The van der Waals surface area contributed by atoms with Crippen molar-refractivity contribution in [3.63, 3.8) is 0 Å². The van der Waals surface area contributed by atoms with Gasteiger partial charge in [0, 0.05) is 23.5 Å². The minimum Gasteiger partial charge on any atom is -0.378 e. The number of morpholine rings is 1. The van der Waals surface area contributed by atoms with E-state index >= 15 is 0 Å². The Morgan fingerprint density at radius 1 is 1.38 bits per heavy atom. The Bertz CT molecular complexity index is 494. The van der Waals surface area contributed by atoms with Gasteiger partial charge in [0.15, 0.2) is 0 Å². The predicted molar refractivity (Wildman–Crippen MR) is 85.0 cm³/mol. The second-order valence-corrected chi connectivity index (χ2v) is 6.84. The monoisotopic (exact) mass is 352 g/mol. The molecule has 1 amide bonds. The SMILES string of the molecule is O=C(CC1COCCN1)NC1(c2ccc(Br)cc2)CCC1. The van der Waals surface area contributed by atoms with Crippen molar-refractivity contribution in [3.8, 4) is 0 Å². The summed E-state index contributed by atoms with van der Waals surface area (Å²) in [6.45, 7) is 2.19. The van der Waals surface area contributed by atoms with Crippen LogP contribution in [0.2, 0.25) is 0 Å². The molecule has 2 N–H and O–H groups in total. The Kier molecular flexibility index (Phi) is 4.62. The van der Waals surface area contributed by atoms with Crippen molar-refractivity contribution in [1.82, 2.24) is 10.6 Å². The van der Waals surface area contributed by atoms with Gasteiger partial charge in [-0.3, -0.25) is 4.79 Å². The minimum atomic E-state index is -0.159. The van der Waals surface area contributed by atoms with Crippen LogP contribution in [0, 0.1) is 0 Å². The number of ether oxygens (including phenoxy) is 1. The Labute approximate surface area is 133 Å². The van der Waals surface area contributed by atoms with Crippen LogP contribution in [0.1, 0.15) is 31.2 Å². The van der Waals surface area contributed by atoms with Crippen LogP contribution >= 0.6 is 15.9 Å².